The predicted octanol–water partition coefficient (Wildman–Crippen LogP) is 3.64. The van der Waals surface area contributed by atoms with Crippen molar-refractivity contribution in [2.75, 3.05) is 11.9 Å². The summed E-state index contributed by atoms with van der Waals surface area (Å²) in [7, 11) is 0. The van der Waals surface area contributed by atoms with Gasteiger partial charge in [-0.05, 0) is 43.4 Å². The SMILES string of the molecule is C[C@H](C(=O)OCC(=O)Nc1cc(Cl)ccc1Cl)N1C(=O)[C@@H]2[C@H]3C[C@@H]([C@H](Br)[C@@H]3Br)[C@@H]2C1=O. The van der Waals surface area contributed by atoms with Crippen LogP contribution in [0.1, 0.15) is 13.3 Å². The molecule has 1 heterocycles. The second-order valence-electron chi connectivity index (χ2n) is 8.01. The summed E-state index contributed by atoms with van der Waals surface area (Å²) >= 11 is 19.1. The van der Waals surface area contributed by atoms with Gasteiger partial charge >= 0.3 is 5.97 Å². The first-order chi connectivity index (χ1) is 14.6. The van der Waals surface area contributed by atoms with E-state index < -0.39 is 36.4 Å². The van der Waals surface area contributed by atoms with Gasteiger partial charge in [-0.3, -0.25) is 19.3 Å². The fraction of sp³-hybridized carbons (Fsp3) is 0.500. The van der Waals surface area contributed by atoms with E-state index in [0.717, 1.165) is 11.3 Å². The smallest absolute Gasteiger partial charge is 0.329 e. The average Bonchev–Trinajstić information content (AvgIpc) is 3.33. The Morgan fingerprint density at radius 1 is 1.16 bits per heavy atom. The Hall–Kier alpha value is -1.16. The van der Waals surface area contributed by atoms with Gasteiger partial charge in [-0.15, -0.1) is 0 Å². The average molecular weight is 597 g/mol. The standard InChI is InChI=1S/C20H18Br2Cl2N2O5/c1-7(20(30)31-6-13(27)25-12-4-8(23)2-3-11(12)24)26-18(28)14-9-5-10(15(14)19(26)29)17(22)16(9)21/h2-4,7,9-10,14-17H,5-6H2,1H3,(H,25,27)/t7-,9-,10-,14-,15+,16-,17+/m1/s1. The van der Waals surface area contributed by atoms with E-state index in [1.54, 1.807) is 6.07 Å². The number of hydrogen-bond donors (Lipinski definition) is 1. The van der Waals surface area contributed by atoms with E-state index in [4.69, 9.17) is 27.9 Å². The largest absolute Gasteiger partial charge is 0.454 e. The van der Waals surface area contributed by atoms with E-state index in [2.05, 4.69) is 37.2 Å². The van der Waals surface area contributed by atoms with Gasteiger partial charge in [-0.1, -0.05) is 55.1 Å². The Bertz CT molecular complexity index is 945. The van der Waals surface area contributed by atoms with Gasteiger partial charge in [0.2, 0.25) is 11.8 Å². The number of fused-ring (bicyclic) bond motifs is 5. The normalized spacial score (nSPS) is 32.2. The maximum absolute atomic E-state index is 13.0. The van der Waals surface area contributed by atoms with Crippen molar-refractivity contribution in [2.24, 2.45) is 23.7 Å². The Labute approximate surface area is 205 Å². The molecule has 1 aromatic rings. The number of halogens is 4. The summed E-state index contributed by atoms with van der Waals surface area (Å²) in [5.74, 6) is -2.86. The lowest BCUT2D eigenvalue weighted by molar-refractivity contribution is -0.159. The van der Waals surface area contributed by atoms with Crippen molar-refractivity contribution < 1.29 is 23.9 Å². The molecular weight excluding hydrogens is 579 g/mol. The summed E-state index contributed by atoms with van der Waals surface area (Å²) in [6.07, 6.45) is 0.803. The van der Waals surface area contributed by atoms with Crippen LogP contribution in [-0.2, 0) is 23.9 Å². The van der Waals surface area contributed by atoms with Gasteiger partial charge in [0.25, 0.3) is 5.91 Å². The summed E-state index contributed by atoms with van der Waals surface area (Å²) in [6, 6.07) is 3.45. The van der Waals surface area contributed by atoms with E-state index in [9.17, 15) is 19.2 Å². The third-order valence-electron chi connectivity index (χ3n) is 6.30. The van der Waals surface area contributed by atoms with Gasteiger partial charge in [0.15, 0.2) is 6.61 Å². The molecule has 4 rings (SSSR count). The van der Waals surface area contributed by atoms with Crippen LogP contribution < -0.4 is 5.32 Å². The third kappa shape index (κ3) is 3.92. The predicted molar refractivity (Wildman–Crippen MR) is 121 cm³/mol. The van der Waals surface area contributed by atoms with Crippen molar-refractivity contribution in [1.29, 1.82) is 0 Å². The minimum atomic E-state index is -1.12. The molecule has 3 amide bonds. The molecule has 1 saturated heterocycles. The number of hydrogen-bond acceptors (Lipinski definition) is 5. The molecule has 1 aromatic carbocycles. The zero-order valence-electron chi connectivity index (χ0n) is 16.2. The number of esters is 1. The highest BCUT2D eigenvalue weighted by Gasteiger charge is 2.67. The van der Waals surface area contributed by atoms with Crippen molar-refractivity contribution >= 4 is 84.4 Å². The Balaban J connectivity index is 1.37. The number of carbonyl (C=O) groups excluding carboxylic acids is 4. The van der Waals surface area contributed by atoms with Crippen LogP contribution in [-0.4, -0.2) is 50.9 Å². The minimum Gasteiger partial charge on any atom is -0.454 e. The molecule has 7 atom stereocenters. The maximum Gasteiger partial charge on any atom is 0.329 e. The van der Waals surface area contributed by atoms with Crippen LogP contribution in [0.3, 0.4) is 0 Å². The number of nitrogens with one attached hydrogen (secondary N) is 1. The molecule has 3 fully saturated rings. The van der Waals surface area contributed by atoms with E-state index in [0.29, 0.717) is 5.02 Å². The number of imide groups is 1. The number of anilines is 1. The Morgan fingerprint density at radius 3 is 2.32 bits per heavy atom. The monoisotopic (exact) mass is 594 g/mol. The second kappa shape index (κ2) is 8.65. The molecule has 1 N–H and O–H groups in total. The fourth-order valence-electron chi connectivity index (χ4n) is 4.90. The molecule has 2 saturated carbocycles. The second-order valence-corrected chi connectivity index (χ2v) is 11.0. The van der Waals surface area contributed by atoms with Crippen LogP contribution in [0.25, 0.3) is 0 Å². The highest BCUT2D eigenvalue weighted by molar-refractivity contribution is 9.12. The molecule has 2 aliphatic carbocycles. The van der Waals surface area contributed by atoms with Crippen LogP contribution in [0.15, 0.2) is 18.2 Å². The number of alkyl halides is 2. The summed E-state index contributed by atoms with van der Waals surface area (Å²) in [4.78, 5) is 51.8. The first-order valence-electron chi connectivity index (χ1n) is 9.68. The molecule has 11 heteroatoms. The number of amides is 3. The summed E-state index contributed by atoms with van der Waals surface area (Å²) in [5, 5.41) is 3.17. The quantitative estimate of drug-likeness (QED) is 0.318. The molecule has 7 nitrogen and oxygen atoms in total. The molecule has 0 aromatic heterocycles. The Kier molecular flexibility index (Phi) is 6.42. The molecule has 0 radical (unpaired) electrons. The van der Waals surface area contributed by atoms with Gasteiger partial charge < -0.3 is 10.1 Å². The molecule has 166 valence electrons. The van der Waals surface area contributed by atoms with Crippen LogP contribution in [0, 0.1) is 23.7 Å². The maximum atomic E-state index is 13.0. The van der Waals surface area contributed by atoms with Crippen LogP contribution >= 0.6 is 55.1 Å². The van der Waals surface area contributed by atoms with Crippen molar-refractivity contribution in [3.8, 4) is 0 Å². The molecule has 1 aliphatic heterocycles. The molecule has 0 spiro atoms. The topological polar surface area (TPSA) is 92.8 Å². The lowest BCUT2D eigenvalue weighted by Gasteiger charge is -2.28. The van der Waals surface area contributed by atoms with E-state index >= 15 is 0 Å². The fourth-order valence-corrected chi connectivity index (χ4v) is 7.11. The highest BCUT2D eigenvalue weighted by Crippen LogP contribution is 2.60. The van der Waals surface area contributed by atoms with Crippen LogP contribution in [0.4, 0.5) is 5.69 Å². The molecule has 2 bridgehead atoms. The molecule has 0 unspecified atom stereocenters. The number of rotatable bonds is 5. The van der Waals surface area contributed by atoms with Gasteiger partial charge in [-0.2, -0.15) is 0 Å². The van der Waals surface area contributed by atoms with Crippen molar-refractivity contribution in [3.05, 3.63) is 28.2 Å². The summed E-state index contributed by atoms with van der Waals surface area (Å²) in [6.45, 7) is 0.845. The van der Waals surface area contributed by atoms with Gasteiger partial charge in [0, 0.05) is 14.7 Å². The third-order valence-corrected chi connectivity index (χ3v) is 10.1. The lowest BCUT2D eigenvalue weighted by Crippen LogP contribution is -2.45. The molecule has 3 aliphatic rings. The highest BCUT2D eigenvalue weighted by atomic mass is 79.9. The van der Waals surface area contributed by atoms with E-state index in [-0.39, 0.29) is 44.0 Å². The van der Waals surface area contributed by atoms with Gasteiger partial charge in [-0.25, -0.2) is 4.79 Å². The number of carbonyl (C=O) groups is 4. The first-order valence-corrected chi connectivity index (χ1v) is 12.3. The van der Waals surface area contributed by atoms with Crippen molar-refractivity contribution in [3.63, 3.8) is 0 Å². The van der Waals surface area contributed by atoms with Crippen molar-refractivity contribution in [1.82, 2.24) is 4.90 Å². The van der Waals surface area contributed by atoms with Gasteiger partial charge in [0.1, 0.15) is 6.04 Å². The van der Waals surface area contributed by atoms with E-state index in [1.807, 2.05) is 0 Å². The van der Waals surface area contributed by atoms with E-state index in [1.165, 1.54) is 19.1 Å². The zero-order valence-corrected chi connectivity index (χ0v) is 20.9. The summed E-state index contributed by atoms with van der Waals surface area (Å²) < 4.78 is 5.06. The molecular formula is C20H18Br2Cl2N2O5. The minimum absolute atomic E-state index is 0.0530. The van der Waals surface area contributed by atoms with Crippen molar-refractivity contribution in [2.45, 2.75) is 29.0 Å². The number of nitrogens with zero attached hydrogens (tertiary/aromatic N) is 1. The number of ether oxygens (including phenoxy) is 1. The van der Waals surface area contributed by atoms with Crippen LogP contribution in [0.2, 0.25) is 10.0 Å². The zero-order chi connectivity index (χ0) is 22.6. The number of benzene rings is 1. The van der Waals surface area contributed by atoms with Gasteiger partial charge in [0.05, 0.1) is 22.5 Å². The molecule has 31 heavy (non-hydrogen) atoms. The summed E-state index contributed by atoms with van der Waals surface area (Å²) in [5.41, 5.74) is 0.283. The Morgan fingerprint density at radius 2 is 1.74 bits per heavy atom. The first kappa shape index (κ1) is 23.0. The van der Waals surface area contributed by atoms with Crippen LogP contribution in [0.5, 0.6) is 0 Å². The lowest BCUT2D eigenvalue weighted by atomic mass is 9.81. The number of likely N-dealkylation sites (tertiary alicyclic amines) is 1.